The van der Waals surface area contributed by atoms with Crippen molar-refractivity contribution in [2.45, 2.75) is 46.1 Å². The highest BCUT2D eigenvalue weighted by Crippen LogP contribution is 2.46. The van der Waals surface area contributed by atoms with Crippen molar-refractivity contribution in [1.29, 1.82) is 0 Å². The van der Waals surface area contributed by atoms with E-state index >= 15 is 0 Å². The lowest BCUT2D eigenvalue weighted by Gasteiger charge is -2.38. The minimum Gasteiger partial charge on any atom is -0.468 e. The van der Waals surface area contributed by atoms with E-state index in [1.54, 1.807) is 45.9 Å². The standard InChI is InChI=1S/C23H26FNO5/c1-11(2)30-23(28)18-13(4)25-16-10-12(3)17(22(27)29-5)21(26)20(16)19(18)14-8-6-7-9-15(14)24/h6-9,11-12,17,19,25H,10H2,1-5H3/t12-,17-,19-/m0/s1. The molecule has 0 bridgehead atoms. The fourth-order valence-corrected chi connectivity index (χ4v) is 4.25. The van der Waals surface area contributed by atoms with Crippen LogP contribution in [-0.4, -0.2) is 30.9 Å². The molecule has 1 aromatic carbocycles. The highest BCUT2D eigenvalue weighted by atomic mass is 19.1. The number of esters is 2. The molecule has 160 valence electrons. The van der Waals surface area contributed by atoms with Gasteiger partial charge in [0.05, 0.1) is 24.7 Å². The number of hydrogen-bond donors (Lipinski definition) is 1. The van der Waals surface area contributed by atoms with Gasteiger partial charge in [0.1, 0.15) is 11.7 Å². The molecule has 0 saturated heterocycles. The predicted octanol–water partition coefficient (Wildman–Crippen LogP) is 3.39. The van der Waals surface area contributed by atoms with Crippen LogP contribution < -0.4 is 5.32 Å². The Morgan fingerprint density at radius 2 is 1.90 bits per heavy atom. The molecular weight excluding hydrogens is 389 g/mol. The zero-order chi connectivity index (χ0) is 22.2. The number of ketones is 1. The number of nitrogens with one attached hydrogen (secondary N) is 1. The highest BCUT2D eigenvalue weighted by Gasteiger charge is 2.47. The summed E-state index contributed by atoms with van der Waals surface area (Å²) in [6, 6.07) is 6.02. The van der Waals surface area contributed by atoms with Crippen molar-refractivity contribution in [2.75, 3.05) is 7.11 Å². The van der Waals surface area contributed by atoms with Gasteiger partial charge in [0.15, 0.2) is 5.78 Å². The van der Waals surface area contributed by atoms with Crippen molar-refractivity contribution in [3.63, 3.8) is 0 Å². The van der Waals surface area contributed by atoms with E-state index < -0.39 is 35.4 Å². The molecule has 0 amide bonds. The first kappa shape index (κ1) is 21.7. The molecule has 0 radical (unpaired) electrons. The van der Waals surface area contributed by atoms with Gasteiger partial charge in [0, 0.05) is 22.5 Å². The van der Waals surface area contributed by atoms with Crippen molar-refractivity contribution < 1.29 is 28.2 Å². The van der Waals surface area contributed by atoms with Gasteiger partial charge < -0.3 is 14.8 Å². The maximum absolute atomic E-state index is 14.9. The van der Waals surface area contributed by atoms with Gasteiger partial charge in [-0.3, -0.25) is 9.59 Å². The number of benzene rings is 1. The van der Waals surface area contributed by atoms with E-state index in [0.717, 1.165) is 0 Å². The van der Waals surface area contributed by atoms with Crippen LogP contribution in [0, 0.1) is 17.7 Å². The molecule has 6 nitrogen and oxygen atoms in total. The smallest absolute Gasteiger partial charge is 0.337 e. The van der Waals surface area contributed by atoms with Crippen molar-refractivity contribution in [1.82, 2.24) is 5.32 Å². The minimum atomic E-state index is -1.01. The van der Waals surface area contributed by atoms with Crippen LogP contribution in [0.25, 0.3) is 0 Å². The summed E-state index contributed by atoms with van der Waals surface area (Å²) in [5.41, 5.74) is 1.67. The zero-order valence-corrected chi connectivity index (χ0v) is 17.7. The first-order valence-corrected chi connectivity index (χ1v) is 9.95. The molecule has 0 fully saturated rings. The Morgan fingerprint density at radius 3 is 2.50 bits per heavy atom. The number of Topliss-reactive ketones (excluding diaryl/α,β-unsaturated/α-hetero) is 1. The Morgan fingerprint density at radius 1 is 1.23 bits per heavy atom. The molecule has 3 atom stereocenters. The van der Waals surface area contributed by atoms with Crippen molar-refractivity contribution in [3.05, 3.63) is 58.2 Å². The van der Waals surface area contributed by atoms with Crippen LogP contribution in [0.2, 0.25) is 0 Å². The number of dihydropyridines is 1. The molecule has 7 heteroatoms. The summed E-state index contributed by atoms with van der Waals surface area (Å²) in [5, 5.41) is 3.14. The minimum absolute atomic E-state index is 0.166. The summed E-state index contributed by atoms with van der Waals surface area (Å²) in [6.45, 7) is 6.93. The maximum atomic E-state index is 14.9. The average molecular weight is 415 g/mol. The Balaban J connectivity index is 2.21. The number of ether oxygens (including phenoxy) is 2. The third-order valence-corrected chi connectivity index (χ3v) is 5.52. The van der Waals surface area contributed by atoms with Crippen molar-refractivity contribution in [2.24, 2.45) is 11.8 Å². The Labute approximate surface area is 175 Å². The second kappa shape index (κ2) is 8.42. The van der Waals surface area contributed by atoms with E-state index in [0.29, 0.717) is 17.8 Å². The molecular formula is C23H26FNO5. The van der Waals surface area contributed by atoms with E-state index in [1.807, 2.05) is 0 Å². The van der Waals surface area contributed by atoms with Gasteiger partial charge in [-0.15, -0.1) is 0 Å². The lowest BCUT2D eigenvalue weighted by atomic mass is 9.69. The largest absolute Gasteiger partial charge is 0.468 e. The molecule has 1 aromatic rings. The number of methoxy groups -OCH3 is 1. The molecule has 3 rings (SSSR count). The van der Waals surface area contributed by atoms with Crippen LogP contribution >= 0.6 is 0 Å². The molecule has 1 N–H and O–H groups in total. The molecule has 2 aliphatic rings. The van der Waals surface area contributed by atoms with Crippen LogP contribution in [0.1, 0.15) is 45.6 Å². The van der Waals surface area contributed by atoms with E-state index in [2.05, 4.69) is 5.32 Å². The SMILES string of the molecule is COC(=O)[C@@H]1C(=O)C2=C(C[C@@H]1C)NC(C)=C(C(=O)OC(C)C)[C@@H]2c1ccccc1F. The van der Waals surface area contributed by atoms with Crippen molar-refractivity contribution >= 4 is 17.7 Å². The van der Waals surface area contributed by atoms with E-state index in [-0.39, 0.29) is 28.7 Å². The lowest BCUT2D eigenvalue weighted by Crippen LogP contribution is -2.43. The summed E-state index contributed by atoms with van der Waals surface area (Å²) in [5.74, 6) is -4.54. The van der Waals surface area contributed by atoms with E-state index in [4.69, 9.17) is 9.47 Å². The molecule has 30 heavy (non-hydrogen) atoms. The summed E-state index contributed by atoms with van der Waals surface area (Å²) < 4.78 is 25.1. The topological polar surface area (TPSA) is 81.7 Å². The fourth-order valence-electron chi connectivity index (χ4n) is 4.25. The second-order valence-electron chi connectivity index (χ2n) is 8.01. The molecule has 1 aliphatic heterocycles. The lowest BCUT2D eigenvalue weighted by molar-refractivity contribution is -0.151. The quantitative estimate of drug-likeness (QED) is 0.600. The number of allylic oxidation sites excluding steroid dienone is 3. The monoisotopic (exact) mass is 415 g/mol. The summed E-state index contributed by atoms with van der Waals surface area (Å²) in [4.78, 5) is 38.8. The molecule has 1 aliphatic carbocycles. The van der Waals surface area contributed by atoms with Crippen LogP contribution in [-0.2, 0) is 23.9 Å². The van der Waals surface area contributed by atoms with Crippen LogP contribution in [0.3, 0.4) is 0 Å². The first-order valence-electron chi connectivity index (χ1n) is 9.95. The predicted molar refractivity (Wildman–Crippen MR) is 108 cm³/mol. The molecule has 1 heterocycles. The Hall–Kier alpha value is -2.96. The van der Waals surface area contributed by atoms with Crippen molar-refractivity contribution in [3.8, 4) is 0 Å². The molecule has 0 unspecified atom stereocenters. The van der Waals surface area contributed by atoms with Gasteiger partial charge in [-0.2, -0.15) is 0 Å². The van der Waals surface area contributed by atoms with Crippen LogP contribution in [0.15, 0.2) is 46.8 Å². The molecule has 0 saturated carbocycles. The Bertz CT molecular complexity index is 962. The number of hydrogen-bond acceptors (Lipinski definition) is 6. The normalized spacial score (nSPS) is 23.8. The average Bonchev–Trinajstić information content (AvgIpc) is 2.66. The van der Waals surface area contributed by atoms with E-state index in [1.165, 1.54) is 13.2 Å². The van der Waals surface area contributed by atoms with Gasteiger partial charge in [0.2, 0.25) is 0 Å². The number of rotatable bonds is 4. The first-order chi connectivity index (χ1) is 14.2. The molecule has 0 aromatic heterocycles. The van der Waals surface area contributed by atoms with Crippen LogP contribution in [0.5, 0.6) is 0 Å². The third-order valence-electron chi connectivity index (χ3n) is 5.52. The fraction of sp³-hybridized carbons (Fsp3) is 0.435. The summed E-state index contributed by atoms with van der Waals surface area (Å²) in [6.07, 6.45) is 0.00896. The molecule has 0 spiro atoms. The maximum Gasteiger partial charge on any atom is 0.337 e. The van der Waals surface area contributed by atoms with Crippen LogP contribution in [0.4, 0.5) is 4.39 Å². The number of halogens is 1. The van der Waals surface area contributed by atoms with E-state index in [9.17, 15) is 18.8 Å². The van der Waals surface area contributed by atoms with Gasteiger partial charge in [-0.1, -0.05) is 25.1 Å². The Kier molecular flexibility index (Phi) is 6.10. The van der Waals surface area contributed by atoms with Gasteiger partial charge in [-0.05, 0) is 39.2 Å². The zero-order valence-electron chi connectivity index (χ0n) is 17.7. The van der Waals surface area contributed by atoms with Gasteiger partial charge >= 0.3 is 11.9 Å². The summed E-state index contributed by atoms with van der Waals surface area (Å²) >= 11 is 0. The number of carbonyl (C=O) groups excluding carboxylic acids is 3. The van der Waals surface area contributed by atoms with Gasteiger partial charge in [0.25, 0.3) is 0 Å². The summed E-state index contributed by atoms with van der Waals surface area (Å²) in [7, 11) is 1.23. The number of carbonyl (C=O) groups is 3. The van der Waals surface area contributed by atoms with Gasteiger partial charge in [-0.25, -0.2) is 9.18 Å². The second-order valence-corrected chi connectivity index (χ2v) is 8.01. The third kappa shape index (κ3) is 3.76. The highest BCUT2D eigenvalue weighted by molar-refractivity contribution is 6.12.